The Morgan fingerprint density at radius 3 is 3.00 bits per heavy atom. The van der Waals surface area contributed by atoms with E-state index in [4.69, 9.17) is 11.8 Å². The Labute approximate surface area is 173 Å². The average molecular weight is 445 g/mol. The van der Waals surface area contributed by atoms with Crippen molar-refractivity contribution in [2.75, 3.05) is 22.2 Å². The van der Waals surface area contributed by atoms with Gasteiger partial charge in [-0.25, -0.2) is 9.37 Å². The minimum atomic E-state index is -4.23. The third-order valence-electron chi connectivity index (χ3n) is 5.82. The number of halogens is 2. The van der Waals surface area contributed by atoms with E-state index < -0.39 is 20.7 Å². The SMILES string of the molecule is CC1CCC2(CNc3ccc(S(=O)(=O)N(Cl)c4nccs4)c(F)c3)CCCN12. The van der Waals surface area contributed by atoms with Crippen LogP contribution in [-0.2, 0) is 10.0 Å². The highest BCUT2D eigenvalue weighted by atomic mass is 35.5. The molecule has 4 rings (SSSR count). The van der Waals surface area contributed by atoms with Crippen molar-refractivity contribution in [2.45, 2.75) is 49.1 Å². The molecule has 10 heteroatoms. The summed E-state index contributed by atoms with van der Waals surface area (Å²) in [6.07, 6.45) is 6.05. The Morgan fingerprint density at radius 2 is 2.29 bits per heavy atom. The second-order valence-corrected chi connectivity index (χ2v) is 10.6. The molecule has 2 aliphatic heterocycles. The molecule has 1 aromatic carbocycles. The van der Waals surface area contributed by atoms with E-state index in [1.54, 1.807) is 11.4 Å². The topological polar surface area (TPSA) is 65.5 Å². The van der Waals surface area contributed by atoms with Crippen molar-refractivity contribution in [3.8, 4) is 0 Å². The zero-order chi connectivity index (χ0) is 19.9. The van der Waals surface area contributed by atoms with E-state index in [0.29, 0.717) is 15.6 Å². The Hall–Kier alpha value is -1.42. The number of fused-ring (bicyclic) bond motifs is 1. The van der Waals surface area contributed by atoms with Crippen LogP contribution >= 0.6 is 23.1 Å². The van der Waals surface area contributed by atoms with Gasteiger partial charge in [-0.3, -0.25) is 4.90 Å². The average Bonchev–Trinajstić information content (AvgIpc) is 3.38. The molecule has 0 bridgehead atoms. The van der Waals surface area contributed by atoms with Gasteiger partial charge in [0.25, 0.3) is 10.0 Å². The number of nitrogens with zero attached hydrogens (tertiary/aromatic N) is 3. The number of rotatable bonds is 6. The van der Waals surface area contributed by atoms with Crippen molar-refractivity contribution in [3.63, 3.8) is 0 Å². The minimum absolute atomic E-state index is 0.0686. The maximum Gasteiger partial charge on any atom is 0.283 e. The number of benzene rings is 1. The lowest BCUT2D eigenvalue weighted by atomic mass is 9.94. The van der Waals surface area contributed by atoms with Crippen molar-refractivity contribution in [1.82, 2.24) is 9.88 Å². The van der Waals surface area contributed by atoms with E-state index in [9.17, 15) is 12.8 Å². The van der Waals surface area contributed by atoms with Crippen LogP contribution in [0.3, 0.4) is 0 Å². The second kappa shape index (κ2) is 7.44. The molecule has 2 fully saturated rings. The van der Waals surface area contributed by atoms with Crippen LogP contribution in [-0.4, -0.2) is 43.0 Å². The molecule has 2 saturated heterocycles. The molecule has 2 atom stereocenters. The van der Waals surface area contributed by atoms with Gasteiger partial charge in [0.05, 0.1) is 0 Å². The number of hydrogen-bond acceptors (Lipinski definition) is 6. The van der Waals surface area contributed by atoms with Gasteiger partial charge in [0, 0.05) is 47.2 Å². The summed E-state index contributed by atoms with van der Waals surface area (Å²) in [7, 11) is -4.23. The molecule has 3 heterocycles. The predicted octanol–water partition coefficient (Wildman–Crippen LogP) is 4.06. The number of nitrogens with one attached hydrogen (secondary N) is 1. The van der Waals surface area contributed by atoms with Crippen LogP contribution < -0.4 is 9.14 Å². The third-order valence-corrected chi connectivity index (χ3v) is 8.98. The van der Waals surface area contributed by atoms with E-state index in [1.807, 2.05) is 0 Å². The van der Waals surface area contributed by atoms with Crippen molar-refractivity contribution in [1.29, 1.82) is 0 Å². The van der Waals surface area contributed by atoms with Crippen LogP contribution in [0, 0.1) is 5.82 Å². The number of sulfonamides is 1. The highest BCUT2D eigenvalue weighted by molar-refractivity contribution is 7.94. The first kappa shape index (κ1) is 19.9. The van der Waals surface area contributed by atoms with Crippen LogP contribution in [0.1, 0.15) is 32.6 Å². The lowest BCUT2D eigenvalue weighted by molar-refractivity contribution is 0.170. The number of thiazole rings is 1. The first-order chi connectivity index (χ1) is 13.3. The number of aromatic nitrogens is 1. The van der Waals surface area contributed by atoms with Gasteiger partial charge in [-0.15, -0.1) is 15.2 Å². The van der Waals surface area contributed by atoms with Crippen LogP contribution in [0.15, 0.2) is 34.7 Å². The molecule has 152 valence electrons. The van der Waals surface area contributed by atoms with Gasteiger partial charge in [-0.1, -0.05) is 0 Å². The maximum atomic E-state index is 14.6. The highest BCUT2D eigenvalue weighted by Crippen LogP contribution is 2.42. The zero-order valence-corrected chi connectivity index (χ0v) is 17.8. The molecule has 0 saturated carbocycles. The first-order valence-electron chi connectivity index (χ1n) is 9.24. The largest absolute Gasteiger partial charge is 0.383 e. The summed E-state index contributed by atoms with van der Waals surface area (Å²) in [5.41, 5.74) is 0.686. The van der Waals surface area contributed by atoms with Gasteiger partial charge in [0.15, 0.2) is 0 Å². The molecule has 1 N–H and O–H groups in total. The smallest absolute Gasteiger partial charge is 0.283 e. The molecule has 6 nitrogen and oxygen atoms in total. The molecule has 0 radical (unpaired) electrons. The summed E-state index contributed by atoms with van der Waals surface area (Å²) in [6, 6.07) is 4.62. The number of hydrogen-bond donors (Lipinski definition) is 1. The standard InChI is InChI=1S/C18H22ClFN4O2S2/c1-13-5-7-18(6-2-9-23(13)18)12-22-14-3-4-16(15(20)11-14)28(25,26)24(19)17-21-8-10-27-17/h3-4,8,10-11,13,22H,2,5-7,9,12H2,1H3. The molecule has 2 aliphatic rings. The summed E-state index contributed by atoms with van der Waals surface area (Å²) in [5.74, 6) is -0.840. The van der Waals surface area contributed by atoms with E-state index in [1.165, 1.54) is 31.2 Å². The quantitative estimate of drug-likeness (QED) is 0.680. The van der Waals surface area contributed by atoms with Gasteiger partial charge >= 0.3 is 0 Å². The fraction of sp³-hybridized carbons (Fsp3) is 0.500. The molecule has 2 aromatic rings. The number of anilines is 2. The summed E-state index contributed by atoms with van der Waals surface area (Å²) in [4.78, 5) is 5.94. The highest BCUT2D eigenvalue weighted by Gasteiger charge is 2.47. The van der Waals surface area contributed by atoms with E-state index >= 15 is 0 Å². The summed E-state index contributed by atoms with van der Waals surface area (Å²) in [6.45, 7) is 4.09. The fourth-order valence-electron chi connectivity index (χ4n) is 4.41. The Balaban J connectivity index is 1.51. The lowest BCUT2D eigenvalue weighted by Gasteiger charge is -2.34. The molecular formula is C18H22ClFN4O2S2. The van der Waals surface area contributed by atoms with Gasteiger partial charge in [-0.05, 0) is 57.4 Å². The zero-order valence-electron chi connectivity index (χ0n) is 15.4. The van der Waals surface area contributed by atoms with Crippen molar-refractivity contribution < 1.29 is 12.8 Å². The van der Waals surface area contributed by atoms with Crippen LogP contribution in [0.4, 0.5) is 15.2 Å². The normalized spacial score (nSPS) is 25.0. The van der Waals surface area contributed by atoms with Crippen molar-refractivity contribution in [2.24, 2.45) is 0 Å². The van der Waals surface area contributed by atoms with E-state index in [2.05, 4.69) is 22.1 Å². The summed E-state index contributed by atoms with van der Waals surface area (Å²) in [5, 5.41) is 4.98. The molecule has 0 amide bonds. The van der Waals surface area contributed by atoms with Gasteiger partial charge in [0.1, 0.15) is 10.7 Å². The Kier molecular flexibility index (Phi) is 5.28. The van der Waals surface area contributed by atoms with Crippen LogP contribution in [0.25, 0.3) is 0 Å². The van der Waals surface area contributed by atoms with Crippen molar-refractivity contribution in [3.05, 3.63) is 35.6 Å². The summed E-state index contributed by atoms with van der Waals surface area (Å²) < 4.78 is 40.3. The monoisotopic (exact) mass is 444 g/mol. The van der Waals surface area contributed by atoms with Crippen LogP contribution in [0.5, 0.6) is 0 Å². The molecule has 0 spiro atoms. The lowest BCUT2D eigenvalue weighted by Crippen LogP contribution is -2.46. The molecule has 1 aromatic heterocycles. The molecule has 2 unspecified atom stereocenters. The van der Waals surface area contributed by atoms with Crippen molar-refractivity contribution >= 4 is 44.0 Å². The third kappa shape index (κ3) is 3.38. The Bertz CT molecular complexity index is 957. The first-order valence-corrected chi connectivity index (χ1v) is 11.9. The predicted molar refractivity (Wildman–Crippen MR) is 110 cm³/mol. The fourth-order valence-corrected chi connectivity index (χ4v) is 6.63. The minimum Gasteiger partial charge on any atom is -0.383 e. The maximum absolute atomic E-state index is 14.6. The Morgan fingerprint density at radius 1 is 1.46 bits per heavy atom. The van der Waals surface area contributed by atoms with E-state index in [0.717, 1.165) is 37.3 Å². The molecular weight excluding hydrogens is 423 g/mol. The van der Waals surface area contributed by atoms with Gasteiger partial charge in [-0.2, -0.15) is 8.42 Å². The summed E-state index contributed by atoms with van der Waals surface area (Å²) >= 11 is 6.97. The molecule has 28 heavy (non-hydrogen) atoms. The van der Waals surface area contributed by atoms with Gasteiger partial charge in [0.2, 0.25) is 5.13 Å². The second-order valence-electron chi connectivity index (χ2n) is 7.44. The van der Waals surface area contributed by atoms with Crippen LogP contribution in [0.2, 0.25) is 0 Å². The van der Waals surface area contributed by atoms with E-state index in [-0.39, 0.29) is 10.7 Å². The van der Waals surface area contributed by atoms with Gasteiger partial charge < -0.3 is 5.32 Å². The molecule has 0 aliphatic carbocycles.